The molecule has 2 aromatic heterocycles. The van der Waals surface area contributed by atoms with E-state index in [9.17, 15) is 5.11 Å². The second kappa shape index (κ2) is 4.45. The standard InChI is InChI=1S/C12H15N3O/c1-8(2)11-10(7-16)12(15-14-11)9-4-3-5-13-6-9/h3-6,8,16H,7H2,1-2H3,(H,14,15). The summed E-state index contributed by atoms with van der Waals surface area (Å²) in [5, 5.41) is 16.7. The van der Waals surface area contributed by atoms with E-state index in [0.717, 1.165) is 22.5 Å². The number of pyridine rings is 1. The van der Waals surface area contributed by atoms with E-state index in [0.29, 0.717) is 5.92 Å². The zero-order valence-corrected chi connectivity index (χ0v) is 9.44. The number of H-pyrrole nitrogens is 1. The number of rotatable bonds is 3. The second-order valence-corrected chi connectivity index (χ2v) is 4.02. The molecular weight excluding hydrogens is 202 g/mol. The third kappa shape index (κ3) is 1.84. The van der Waals surface area contributed by atoms with E-state index >= 15 is 0 Å². The van der Waals surface area contributed by atoms with E-state index in [-0.39, 0.29) is 6.61 Å². The highest BCUT2D eigenvalue weighted by atomic mass is 16.3. The van der Waals surface area contributed by atoms with Gasteiger partial charge in [-0.15, -0.1) is 0 Å². The average Bonchev–Trinajstić information content (AvgIpc) is 2.73. The fourth-order valence-corrected chi connectivity index (χ4v) is 1.76. The summed E-state index contributed by atoms with van der Waals surface area (Å²) in [5.41, 5.74) is 3.57. The van der Waals surface area contributed by atoms with Gasteiger partial charge in [-0.05, 0) is 18.1 Å². The molecule has 4 nitrogen and oxygen atoms in total. The van der Waals surface area contributed by atoms with Crippen LogP contribution in [0.25, 0.3) is 11.3 Å². The van der Waals surface area contributed by atoms with Gasteiger partial charge in [0.25, 0.3) is 0 Å². The van der Waals surface area contributed by atoms with Crippen molar-refractivity contribution in [3.05, 3.63) is 35.8 Å². The van der Waals surface area contributed by atoms with E-state index in [1.807, 2.05) is 12.1 Å². The lowest BCUT2D eigenvalue weighted by Crippen LogP contribution is -1.95. The van der Waals surface area contributed by atoms with Crippen LogP contribution in [-0.4, -0.2) is 20.3 Å². The highest BCUT2D eigenvalue weighted by molar-refractivity contribution is 5.62. The quantitative estimate of drug-likeness (QED) is 0.827. The topological polar surface area (TPSA) is 61.8 Å². The predicted octanol–water partition coefficient (Wildman–Crippen LogP) is 2.09. The van der Waals surface area contributed by atoms with Crippen LogP contribution in [0.3, 0.4) is 0 Å². The zero-order chi connectivity index (χ0) is 11.5. The Morgan fingerprint density at radius 3 is 2.81 bits per heavy atom. The van der Waals surface area contributed by atoms with Crippen molar-refractivity contribution in [3.63, 3.8) is 0 Å². The number of aromatic nitrogens is 3. The van der Waals surface area contributed by atoms with Gasteiger partial charge in [0.1, 0.15) is 0 Å². The number of nitrogens with zero attached hydrogens (tertiary/aromatic N) is 2. The number of aromatic amines is 1. The summed E-state index contributed by atoms with van der Waals surface area (Å²) in [6, 6.07) is 3.80. The first-order valence-electron chi connectivity index (χ1n) is 5.32. The monoisotopic (exact) mass is 217 g/mol. The summed E-state index contributed by atoms with van der Waals surface area (Å²) >= 11 is 0. The Morgan fingerprint density at radius 2 is 2.25 bits per heavy atom. The summed E-state index contributed by atoms with van der Waals surface area (Å²) in [4.78, 5) is 4.06. The maximum atomic E-state index is 9.42. The number of nitrogens with one attached hydrogen (secondary N) is 1. The minimum atomic E-state index is -0.00571. The van der Waals surface area contributed by atoms with Crippen molar-refractivity contribution in [2.45, 2.75) is 26.4 Å². The van der Waals surface area contributed by atoms with Crippen LogP contribution in [0.4, 0.5) is 0 Å². The molecule has 0 unspecified atom stereocenters. The van der Waals surface area contributed by atoms with Crippen LogP contribution >= 0.6 is 0 Å². The van der Waals surface area contributed by atoms with Gasteiger partial charge >= 0.3 is 0 Å². The van der Waals surface area contributed by atoms with Crippen molar-refractivity contribution in [3.8, 4) is 11.3 Å². The van der Waals surface area contributed by atoms with Crippen molar-refractivity contribution in [2.75, 3.05) is 0 Å². The molecule has 0 radical (unpaired) electrons. The lowest BCUT2D eigenvalue weighted by atomic mass is 10.0. The highest BCUT2D eigenvalue weighted by Gasteiger charge is 2.15. The van der Waals surface area contributed by atoms with Crippen LogP contribution in [0, 0.1) is 0 Å². The van der Waals surface area contributed by atoms with Gasteiger partial charge in [0, 0.05) is 29.2 Å². The summed E-state index contributed by atoms with van der Waals surface area (Å²) in [5.74, 6) is 0.320. The Labute approximate surface area is 94.4 Å². The predicted molar refractivity (Wildman–Crippen MR) is 61.8 cm³/mol. The molecule has 84 valence electrons. The van der Waals surface area contributed by atoms with Crippen LogP contribution in [-0.2, 0) is 6.61 Å². The fourth-order valence-electron chi connectivity index (χ4n) is 1.76. The summed E-state index contributed by atoms with van der Waals surface area (Å²) in [6.45, 7) is 4.13. The Balaban J connectivity index is 2.50. The third-order valence-electron chi connectivity index (χ3n) is 2.57. The third-order valence-corrected chi connectivity index (χ3v) is 2.57. The smallest absolute Gasteiger partial charge is 0.0994 e. The second-order valence-electron chi connectivity index (χ2n) is 4.02. The van der Waals surface area contributed by atoms with Gasteiger partial charge in [0.2, 0.25) is 0 Å². The first kappa shape index (κ1) is 10.8. The number of hydrogen-bond acceptors (Lipinski definition) is 3. The molecule has 0 amide bonds. The Morgan fingerprint density at radius 1 is 1.44 bits per heavy atom. The van der Waals surface area contributed by atoms with Crippen LogP contribution in [0.15, 0.2) is 24.5 Å². The molecule has 0 aliphatic carbocycles. The van der Waals surface area contributed by atoms with Crippen molar-refractivity contribution in [2.24, 2.45) is 0 Å². The molecule has 0 saturated heterocycles. The van der Waals surface area contributed by atoms with Crippen LogP contribution in [0.1, 0.15) is 31.0 Å². The molecule has 0 aliphatic rings. The lowest BCUT2D eigenvalue weighted by molar-refractivity contribution is 0.280. The molecule has 0 fully saturated rings. The molecular formula is C12H15N3O. The summed E-state index contributed by atoms with van der Waals surface area (Å²) in [7, 11) is 0. The number of hydrogen-bond donors (Lipinski definition) is 2. The van der Waals surface area contributed by atoms with Gasteiger partial charge in [-0.1, -0.05) is 13.8 Å². The first-order chi connectivity index (χ1) is 7.74. The van der Waals surface area contributed by atoms with Crippen molar-refractivity contribution < 1.29 is 5.11 Å². The molecule has 2 rings (SSSR count). The van der Waals surface area contributed by atoms with Gasteiger partial charge in [0.05, 0.1) is 12.3 Å². The van der Waals surface area contributed by atoms with Gasteiger partial charge in [0.15, 0.2) is 0 Å². The number of aliphatic hydroxyl groups excluding tert-OH is 1. The molecule has 2 heterocycles. The normalized spacial score (nSPS) is 11.0. The molecule has 16 heavy (non-hydrogen) atoms. The van der Waals surface area contributed by atoms with E-state index < -0.39 is 0 Å². The minimum Gasteiger partial charge on any atom is -0.392 e. The van der Waals surface area contributed by atoms with Gasteiger partial charge < -0.3 is 5.11 Å². The fraction of sp³-hybridized carbons (Fsp3) is 0.333. The Bertz CT molecular complexity index is 462. The molecule has 0 saturated carbocycles. The van der Waals surface area contributed by atoms with Crippen molar-refractivity contribution >= 4 is 0 Å². The molecule has 0 spiro atoms. The molecule has 0 aromatic carbocycles. The van der Waals surface area contributed by atoms with Crippen molar-refractivity contribution in [1.82, 2.24) is 15.2 Å². The van der Waals surface area contributed by atoms with Crippen LogP contribution < -0.4 is 0 Å². The Hall–Kier alpha value is -1.68. The largest absolute Gasteiger partial charge is 0.392 e. The van der Waals surface area contributed by atoms with E-state index in [1.54, 1.807) is 12.4 Å². The zero-order valence-electron chi connectivity index (χ0n) is 9.44. The molecule has 4 heteroatoms. The van der Waals surface area contributed by atoms with E-state index in [4.69, 9.17) is 0 Å². The first-order valence-corrected chi connectivity index (χ1v) is 5.32. The van der Waals surface area contributed by atoms with Crippen molar-refractivity contribution in [1.29, 1.82) is 0 Å². The summed E-state index contributed by atoms with van der Waals surface area (Å²) in [6.07, 6.45) is 3.47. The molecule has 0 bridgehead atoms. The lowest BCUT2D eigenvalue weighted by Gasteiger charge is -2.05. The summed E-state index contributed by atoms with van der Waals surface area (Å²) < 4.78 is 0. The number of aliphatic hydroxyl groups is 1. The average molecular weight is 217 g/mol. The van der Waals surface area contributed by atoms with Gasteiger partial charge in [-0.25, -0.2) is 0 Å². The minimum absolute atomic E-state index is 0.00571. The van der Waals surface area contributed by atoms with Gasteiger partial charge in [-0.2, -0.15) is 5.10 Å². The molecule has 0 aliphatic heterocycles. The maximum Gasteiger partial charge on any atom is 0.0994 e. The highest BCUT2D eigenvalue weighted by Crippen LogP contribution is 2.27. The SMILES string of the molecule is CC(C)c1[nH]nc(-c2cccnc2)c1CO. The van der Waals surface area contributed by atoms with Gasteiger partial charge in [-0.3, -0.25) is 10.1 Å². The van der Waals surface area contributed by atoms with Crippen LogP contribution in [0.2, 0.25) is 0 Å². The van der Waals surface area contributed by atoms with E-state index in [1.165, 1.54) is 0 Å². The van der Waals surface area contributed by atoms with E-state index in [2.05, 4.69) is 29.0 Å². The molecule has 0 atom stereocenters. The molecule has 2 aromatic rings. The van der Waals surface area contributed by atoms with Crippen LogP contribution in [0.5, 0.6) is 0 Å². The Kier molecular flexibility index (Phi) is 3.01. The maximum absolute atomic E-state index is 9.42. The molecule has 2 N–H and O–H groups in total.